The Morgan fingerprint density at radius 2 is 2.07 bits per heavy atom. The van der Waals surface area contributed by atoms with E-state index in [1.165, 1.54) is 18.2 Å². The van der Waals surface area contributed by atoms with Crippen LogP contribution in [-0.4, -0.2) is 37.4 Å². The normalized spacial score (nSPS) is 16.3. The highest BCUT2D eigenvalue weighted by Gasteiger charge is 2.23. The summed E-state index contributed by atoms with van der Waals surface area (Å²) in [5, 5.41) is 3.00. The van der Waals surface area contributed by atoms with Gasteiger partial charge in [-0.25, -0.2) is 15.3 Å². The van der Waals surface area contributed by atoms with Crippen molar-refractivity contribution in [3.8, 4) is 17.0 Å². The molecule has 2 aliphatic rings. The quantitative estimate of drug-likeness (QED) is 0.751. The van der Waals surface area contributed by atoms with Crippen LogP contribution in [0, 0.1) is 6.92 Å². The van der Waals surface area contributed by atoms with Gasteiger partial charge in [0.05, 0.1) is 26.0 Å². The van der Waals surface area contributed by atoms with E-state index in [-0.39, 0.29) is 12.1 Å². The number of aromatic nitrogens is 1. The summed E-state index contributed by atoms with van der Waals surface area (Å²) in [6.45, 7) is 3.51. The van der Waals surface area contributed by atoms with Gasteiger partial charge in [-0.05, 0) is 54.5 Å². The summed E-state index contributed by atoms with van der Waals surface area (Å²) >= 11 is 0. The topological polar surface area (TPSA) is 81.7 Å². The van der Waals surface area contributed by atoms with Crippen molar-refractivity contribution in [2.75, 3.05) is 25.6 Å². The average molecular weight is 397 g/mol. The second-order valence-electron chi connectivity index (χ2n) is 7.51. The van der Waals surface area contributed by atoms with Gasteiger partial charge >= 0.3 is 6.03 Å². The molecule has 7 heteroatoms. The van der Waals surface area contributed by atoms with Crippen LogP contribution < -0.4 is 15.5 Å². The van der Waals surface area contributed by atoms with Crippen LogP contribution in [0.25, 0.3) is 11.1 Å². The zero-order valence-corrected chi connectivity index (χ0v) is 16.9. The van der Waals surface area contributed by atoms with Crippen LogP contribution in [0.15, 0.2) is 24.4 Å². The molecule has 154 valence electrons. The molecular formula is C22H27N3O4. The van der Waals surface area contributed by atoms with Crippen molar-refractivity contribution in [3.63, 3.8) is 0 Å². The molecule has 0 radical (unpaired) electrons. The molecule has 29 heavy (non-hydrogen) atoms. The van der Waals surface area contributed by atoms with E-state index in [2.05, 4.69) is 28.8 Å². The van der Waals surface area contributed by atoms with Gasteiger partial charge in [-0.2, -0.15) is 0 Å². The van der Waals surface area contributed by atoms with Gasteiger partial charge in [0, 0.05) is 30.7 Å². The summed E-state index contributed by atoms with van der Waals surface area (Å²) in [6, 6.07) is 5.76. The van der Waals surface area contributed by atoms with E-state index in [1.54, 1.807) is 6.20 Å². The Labute approximate surface area is 170 Å². The van der Waals surface area contributed by atoms with Gasteiger partial charge in [-0.1, -0.05) is 6.07 Å². The third-order valence-corrected chi connectivity index (χ3v) is 5.51. The van der Waals surface area contributed by atoms with Crippen molar-refractivity contribution in [2.45, 2.75) is 45.1 Å². The molecule has 1 saturated heterocycles. The highest BCUT2D eigenvalue weighted by Crippen LogP contribution is 2.40. The van der Waals surface area contributed by atoms with Crippen molar-refractivity contribution in [3.05, 3.63) is 41.1 Å². The molecule has 1 aromatic heterocycles. The number of carbonyl (C=O) groups excluding carboxylic acids is 1. The lowest BCUT2D eigenvalue weighted by Gasteiger charge is -2.23. The molecule has 4 rings (SSSR count). The zero-order chi connectivity index (χ0) is 20.2. The van der Waals surface area contributed by atoms with E-state index in [9.17, 15) is 4.79 Å². The predicted octanol–water partition coefficient (Wildman–Crippen LogP) is 3.79. The molecule has 2 amide bonds. The number of ether oxygens (including phenoxy) is 2. The first kappa shape index (κ1) is 19.7. The fraction of sp³-hybridized carbons (Fsp3) is 0.455. The lowest BCUT2D eigenvalue weighted by Crippen LogP contribution is -2.28. The summed E-state index contributed by atoms with van der Waals surface area (Å²) in [7, 11) is 1.42. The van der Waals surface area contributed by atoms with Crippen LogP contribution in [0.5, 0.6) is 5.88 Å². The number of amides is 2. The zero-order valence-electron chi connectivity index (χ0n) is 16.9. The molecule has 1 aromatic carbocycles. The predicted molar refractivity (Wildman–Crippen MR) is 110 cm³/mol. The third kappa shape index (κ3) is 4.36. The van der Waals surface area contributed by atoms with Gasteiger partial charge in [0.25, 0.3) is 0 Å². The third-order valence-electron chi connectivity index (χ3n) is 5.51. The van der Waals surface area contributed by atoms with Crippen molar-refractivity contribution >= 4 is 11.7 Å². The average Bonchev–Trinajstić information content (AvgIpc) is 3.17. The summed E-state index contributed by atoms with van der Waals surface area (Å²) in [4.78, 5) is 21.4. The lowest BCUT2D eigenvalue weighted by molar-refractivity contribution is 0.0237. The molecule has 2 aromatic rings. The number of pyridine rings is 1. The minimum Gasteiger partial charge on any atom is -0.474 e. The van der Waals surface area contributed by atoms with Gasteiger partial charge in [0.15, 0.2) is 0 Å². The van der Waals surface area contributed by atoms with Crippen molar-refractivity contribution in [2.24, 2.45) is 0 Å². The van der Waals surface area contributed by atoms with E-state index in [4.69, 9.17) is 14.3 Å². The number of urea groups is 1. The molecule has 0 bridgehead atoms. The molecule has 2 N–H and O–H groups in total. The fourth-order valence-electron chi connectivity index (χ4n) is 4.23. The Morgan fingerprint density at radius 3 is 2.86 bits per heavy atom. The first-order valence-electron chi connectivity index (χ1n) is 10.1. The van der Waals surface area contributed by atoms with Gasteiger partial charge in [0.1, 0.15) is 6.10 Å². The number of anilines is 1. The summed E-state index contributed by atoms with van der Waals surface area (Å²) in [6.07, 6.45) is 6.69. The first-order valence-corrected chi connectivity index (χ1v) is 10.1. The number of hydrogen-bond acceptors (Lipinski definition) is 5. The number of hydroxylamine groups is 1. The highest BCUT2D eigenvalue weighted by atomic mass is 16.6. The Hall–Kier alpha value is -2.64. The maximum Gasteiger partial charge on any atom is 0.343 e. The van der Waals surface area contributed by atoms with Gasteiger partial charge < -0.3 is 14.8 Å². The van der Waals surface area contributed by atoms with E-state index in [1.807, 2.05) is 12.1 Å². The van der Waals surface area contributed by atoms with Crippen LogP contribution in [0.1, 0.15) is 36.0 Å². The second-order valence-corrected chi connectivity index (χ2v) is 7.51. The van der Waals surface area contributed by atoms with Crippen LogP contribution in [0.2, 0.25) is 0 Å². The Morgan fingerprint density at radius 1 is 1.24 bits per heavy atom. The van der Waals surface area contributed by atoms with Crippen LogP contribution >= 0.6 is 0 Å². The van der Waals surface area contributed by atoms with Gasteiger partial charge in [0.2, 0.25) is 5.88 Å². The summed E-state index contributed by atoms with van der Waals surface area (Å²) in [5.41, 5.74) is 8.77. The number of nitrogens with zero attached hydrogens (tertiary/aromatic N) is 1. The molecule has 1 fully saturated rings. The molecule has 0 saturated carbocycles. The molecule has 0 atom stereocenters. The number of nitrogens with one attached hydrogen (secondary N) is 2. The Kier molecular flexibility index (Phi) is 5.97. The smallest absolute Gasteiger partial charge is 0.343 e. The molecule has 0 unspecified atom stereocenters. The largest absolute Gasteiger partial charge is 0.474 e. The number of fused-ring (bicyclic) bond motifs is 1. The molecule has 0 spiro atoms. The first-order chi connectivity index (χ1) is 14.2. The maximum atomic E-state index is 12.2. The Balaban J connectivity index is 1.70. The standard InChI is InChI=1S/C22H27N3O4/c1-14-12-15-4-3-5-18(15)21(24-22(26)25-27-2)20(14)16-6-9-23-19(13-16)29-17-7-10-28-11-8-17/h6,9,12-13,17H,3-5,7-8,10-11H2,1-2H3,(H2,24,25,26). The number of carbonyl (C=O) groups is 1. The number of aryl methyl sites for hydroxylation is 2. The minimum absolute atomic E-state index is 0.123. The highest BCUT2D eigenvalue weighted by molar-refractivity contribution is 5.97. The van der Waals surface area contributed by atoms with Crippen molar-refractivity contribution in [1.82, 2.24) is 10.5 Å². The molecule has 2 heterocycles. The van der Waals surface area contributed by atoms with Crippen molar-refractivity contribution < 1.29 is 19.1 Å². The molecule has 1 aliphatic carbocycles. The van der Waals surface area contributed by atoms with Gasteiger partial charge in [-0.3, -0.25) is 4.84 Å². The van der Waals surface area contributed by atoms with Crippen LogP contribution in [-0.2, 0) is 22.4 Å². The maximum absolute atomic E-state index is 12.2. The van der Waals surface area contributed by atoms with Crippen LogP contribution in [0.3, 0.4) is 0 Å². The van der Waals surface area contributed by atoms with E-state index < -0.39 is 0 Å². The number of rotatable bonds is 5. The summed E-state index contributed by atoms with van der Waals surface area (Å²) < 4.78 is 11.5. The monoisotopic (exact) mass is 397 g/mol. The van der Waals surface area contributed by atoms with E-state index in [0.717, 1.165) is 67.7 Å². The molecular weight excluding hydrogens is 370 g/mol. The lowest BCUT2D eigenvalue weighted by atomic mass is 9.93. The van der Waals surface area contributed by atoms with E-state index >= 15 is 0 Å². The fourth-order valence-corrected chi connectivity index (χ4v) is 4.23. The van der Waals surface area contributed by atoms with Crippen LogP contribution in [0.4, 0.5) is 10.5 Å². The van der Waals surface area contributed by atoms with Gasteiger partial charge in [-0.15, -0.1) is 0 Å². The Bertz CT molecular complexity index is 894. The number of benzene rings is 1. The molecule has 1 aliphatic heterocycles. The SMILES string of the molecule is CONC(=O)Nc1c2c(cc(C)c1-c1ccnc(OC3CCOCC3)c1)CCC2. The van der Waals surface area contributed by atoms with E-state index in [0.29, 0.717) is 5.88 Å². The molecule has 7 nitrogen and oxygen atoms in total. The second kappa shape index (κ2) is 8.80. The van der Waals surface area contributed by atoms with Crippen molar-refractivity contribution in [1.29, 1.82) is 0 Å². The number of hydrogen-bond donors (Lipinski definition) is 2. The minimum atomic E-state index is -0.388. The summed E-state index contributed by atoms with van der Waals surface area (Å²) in [5.74, 6) is 0.599.